The maximum Gasteiger partial charge on any atom is 0.410 e. The number of nitrogens with one attached hydrogen (secondary N) is 1. The van der Waals surface area contributed by atoms with E-state index in [2.05, 4.69) is 5.32 Å². The minimum absolute atomic E-state index is 0.0381. The van der Waals surface area contributed by atoms with E-state index in [-0.39, 0.29) is 41.7 Å². The molecule has 2 atom stereocenters. The van der Waals surface area contributed by atoms with Crippen molar-refractivity contribution >= 4 is 25.8 Å². The number of nitrogens with zero attached hydrogens (tertiary/aromatic N) is 1. The van der Waals surface area contributed by atoms with E-state index in [1.54, 1.807) is 6.92 Å². The number of hydrogen-bond donors (Lipinski definition) is 1. The zero-order chi connectivity index (χ0) is 17.1. The maximum atomic E-state index is 12.1. The number of sulfone groups is 2. The van der Waals surface area contributed by atoms with Crippen molar-refractivity contribution in [2.45, 2.75) is 31.8 Å². The van der Waals surface area contributed by atoms with E-state index in [4.69, 9.17) is 4.74 Å². The second kappa shape index (κ2) is 7.35. The quantitative estimate of drug-likeness (QED) is 0.667. The van der Waals surface area contributed by atoms with Crippen LogP contribution in [0.15, 0.2) is 0 Å². The van der Waals surface area contributed by atoms with Crippen molar-refractivity contribution in [1.82, 2.24) is 10.2 Å². The van der Waals surface area contributed by atoms with Crippen LogP contribution in [0.4, 0.5) is 4.79 Å². The first kappa shape index (κ1) is 18.5. The Labute approximate surface area is 137 Å². The lowest BCUT2D eigenvalue weighted by atomic mass is 10.2. The molecule has 2 heterocycles. The molecule has 0 aromatic rings. The van der Waals surface area contributed by atoms with Crippen LogP contribution in [0.25, 0.3) is 0 Å². The van der Waals surface area contributed by atoms with E-state index in [1.807, 2.05) is 0 Å². The predicted octanol–water partition coefficient (Wildman–Crippen LogP) is -0.591. The highest BCUT2D eigenvalue weighted by Crippen LogP contribution is 2.18. The predicted molar refractivity (Wildman–Crippen MR) is 85.8 cm³/mol. The molecule has 0 bridgehead atoms. The summed E-state index contributed by atoms with van der Waals surface area (Å²) in [5, 5.41) is 3.13. The van der Waals surface area contributed by atoms with Gasteiger partial charge < -0.3 is 15.0 Å². The third-order valence-corrected chi connectivity index (χ3v) is 7.69. The Balaban J connectivity index is 1.89. The standard InChI is InChI=1S/C13H24N2O6S2/c1-2-21-13(16)15(12-4-8-23(19,20)10-12)6-5-14-11-3-7-22(17,18)9-11/h11-12,14H,2-10H2,1H3. The Morgan fingerprint density at radius 1 is 1.13 bits per heavy atom. The molecular weight excluding hydrogens is 344 g/mol. The average molecular weight is 368 g/mol. The van der Waals surface area contributed by atoms with Gasteiger partial charge in [-0.25, -0.2) is 21.6 Å². The first-order valence-electron chi connectivity index (χ1n) is 7.80. The molecule has 2 unspecified atom stereocenters. The third-order valence-electron chi connectivity index (χ3n) is 4.17. The summed E-state index contributed by atoms with van der Waals surface area (Å²) in [7, 11) is -6.04. The minimum atomic E-state index is -3.09. The topological polar surface area (TPSA) is 110 Å². The smallest absolute Gasteiger partial charge is 0.410 e. The summed E-state index contributed by atoms with van der Waals surface area (Å²) in [5.74, 6) is 0.350. The second-order valence-electron chi connectivity index (χ2n) is 6.00. The van der Waals surface area contributed by atoms with Gasteiger partial charge in [-0.05, 0) is 19.8 Å². The molecule has 0 aliphatic carbocycles. The molecule has 2 fully saturated rings. The van der Waals surface area contributed by atoms with Crippen LogP contribution in [-0.2, 0) is 24.4 Å². The van der Waals surface area contributed by atoms with Gasteiger partial charge in [-0.1, -0.05) is 0 Å². The molecular formula is C13H24N2O6S2. The van der Waals surface area contributed by atoms with Crippen molar-refractivity contribution in [1.29, 1.82) is 0 Å². The van der Waals surface area contributed by atoms with Crippen molar-refractivity contribution < 1.29 is 26.4 Å². The zero-order valence-corrected chi connectivity index (χ0v) is 14.9. The Morgan fingerprint density at radius 3 is 2.30 bits per heavy atom. The molecule has 2 aliphatic rings. The van der Waals surface area contributed by atoms with Gasteiger partial charge in [0, 0.05) is 19.1 Å². The van der Waals surface area contributed by atoms with E-state index in [0.717, 1.165) is 0 Å². The second-order valence-corrected chi connectivity index (χ2v) is 10.5. The van der Waals surface area contributed by atoms with Gasteiger partial charge in [0.15, 0.2) is 19.7 Å². The van der Waals surface area contributed by atoms with Crippen LogP contribution < -0.4 is 5.32 Å². The Hall–Kier alpha value is -0.870. The Morgan fingerprint density at radius 2 is 1.78 bits per heavy atom. The lowest BCUT2D eigenvalue weighted by Crippen LogP contribution is -2.46. The Bertz CT molecular complexity index is 631. The van der Waals surface area contributed by atoms with Crippen LogP contribution in [0.2, 0.25) is 0 Å². The fraction of sp³-hybridized carbons (Fsp3) is 0.923. The summed E-state index contributed by atoms with van der Waals surface area (Å²) in [6.07, 6.45) is 0.467. The summed E-state index contributed by atoms with van der Waals surface area (Å²) >= 11 is 0. The normalized spacial score (nSPS) is 28.6. The van der Waals surface area contributed by atoms with Gasteiger partial charge in [-0.15, -0.1) is 0 Å². The maximum absolute atomic E-state index is 12.1. The summed E-state index contributed by atoms with van der Waals surface area (Å²) in [4.78, 5) is 13.5. The molecule has 0 radical (unpaired) electrons. The third kappa shape index (κ3) is 5.32. The van der Waals surface area contributed by atoms with Crippen molar-refractivity contribution in [3.8, 4) is 0 Å². The van der Waals surface area contributed by atoms with E-state index in [1.165, 1.54) is 4.90 Å². The monoisotopic (exact) mass is 368 g/mol. The van der Waals surface area contributed by atoms with Crippen LogP contribution >= 0.6 is 0 Å². The van der Waals surface area contributed by atoms with Gasteiger partial charge in [0.05, 0.1) is 35.7 Å². The summed E-state index contributed by atoms with van der Waals surface area (Å²) in [6.45, 7) is 2.64. The highest BCUT2D eigenvalue weighted by atomic mass is 32.2. The number of carbonyl (C=O) groups is 1. The number of amides is 1. The van der Waals surface area contributed by atoms with Gasteiger partial charge in [-0.3, -0.25) is 0 Å². The molecule has 0 aromatic heterocycles. The van der Waals surface area contributed by atoms with Gasteiger partial charge in [0.25, 0.3) is 0 Å². The highest BCUT2D eigenvalue weighted by Gasteiger charge is 2.35. The Kier molecular flexibility index (Phi) is 5.90. The lowest BCUT2D eigenvalue weighted by molar-refractivity contribution is 0.0941. The van der Waals surface area contributed by atoms with Crippen LogP contribution in [0.3, 0.4) is 0 Å². The fourth-order valence-corrected chi connectivity index (χ4v) is 6.43. The van der Waals surface area contributed by atoms with Crippen LogP contribution in [0, 0.1) is 0 Å². The molecule has 134 valence electrons. The van der Waals surface area contributed by atoms with Gasteiger partial charge in [-0.2, -0.15) is 0 Å². The van der Waals surface area contributed by atoms with E-state index >= 15 is 0 Å². The molecule has 0 saturated carbocycles. The molecule has 8 nitrogen and oxygen atoms in total. The van der Waals surface area contributed by atoms with Crippen molar-refractivity contribution in [2.75, 3.05) is 42.7 Å². The van der Waals surface area contributed by atoms with E-state index in [0.29, 0.717) is 25.9 Å². The van der Waals surface area contributed by atoms with Gasteiger partial charge in [0.2, 0.25) is 0 Å². The minimum Gasteiger partial charge on any atom is -0.450 e. The molecule has 23 heavy (non-hydrogen) atoms. The molecule has 2 aliphatic heterocycles. The lowest BCUT2D eigenvalue weighted by Gasteiger charge is -2.27. The molecule has 1 N–H and O–H groups in total. The van der Waals surface area contributed by atoms with Crippen LogP contribution in [0.5, 0.6) is 0 Å². The zero-order valence-electron chi connectivity index (χ0n) is 13.2. The fourth-order valence-electron chi connectivity index (χ4n) is 3.00. The van der Waals surface area contributed by atoms with Crippen LogP contribution in [0.1, 0.15) is 19.8 Å². The molecule has 1 amide bonds. The average Bonchev–Trinajstić information content (AvgIpc) is 2.97. The number of carbonyl (C=O) groups excluding carboxylic acids is 1. The first-order chi connectivity index (χ1) is 10.7. The van der Waals surface area contributed by atoms with Crippen molar-refractivity contribution in [3.05, 3.63) is 0 Å². The SMILES string of the molecule is CCOC(=O)N(CCNC1CCS(=O)(=O)C1)C1CCS(=O)(=O)C1. The van der Waals surface area contributed by atoms with E-state index in [9.17, 15) is 21.6 Å². The van der Waals surface area contributed by atoms with Crippen molar-refractivity contribution in [3.63, 3.8) is 0 Å². The molecule has 2 saturated heterocycles. The van der Waals surface area contributed by atoms with Crippen LogP contribution in [-0.4, -0.2) is 82.6 Å². The van der Waals surface area contributed by atoms with Crippen molar-refractivity contribution in [2.24, 2.45) is 0 Å². The largest absolute Gasteiger partial charge is 0.450 e. The molecule has 2 rings (SSSR count). The number of rotatable bonds is 6. The molecule has 10 heteroatoms. The highest BCUT2D eigenvalue weighted by molar-refractivity contribution is 7.91. The first-order valence-corrected chi connectivity index (χ1v) is 11.4. The summed E-state index contributed by atoms with van der Waals surface area (Å²) in [6, 6.07) is -0.468. The molecule has 0 spiro atoms. The summed E-state index contributed by atoms with van der Waals surface area (Å²) < 4.78 is 51.1. The summed E-state index contributed by atoms with van der Waals surface area (Å²) in [5.41, 5.74) is 0. The molecule has 0 aromatic carbocycles. The van der Waals surface area contributed by atoms with E-state index < -0.39 is 25.8 Å². The number of ether oxygens (including phenoxy) is 1. The number of hydrogen-bond acceptors (Lipinski definition) is 7. The van der Waals surface area contributed by atoms with Gasteiger partial charge >= 0.3 is 6.09 Å². The van der Waals surface area contributed by atoms with Gasteiger partial charge in [0.1, 0.15) is 0 Å².